The van der Waals surface area contributed by atoms with Crippen LogP contribution in [-0.2, 0) is 4.79 Å². The maximum Gasteiger partial charge on any atom is 0.227 e. The molecule has 1 N–H and O–H groups in total. The van der Waals surface area contributed by atoms with Crippen molar-refractivity contribution in [1.82, 2.24) is 5.32 Å². The van der Waals surface area contributed by atoms with Crippen LogP contribution >= 0.6 is 0 Å². The number of amides is 1. The lowest BCUT2D eigenvalue weighted by Gasteiger charge is -2.12. The molecule has 1 heterocycles. The van der Waals surface area contributed by atoms with Gasteiger partial charge in [0.1, 0.15) is 0 Å². The maximum atomic E-state index is 11.7. The van der Waals surface area contributed by atoms with E-state index in [1.165, 1.54) is 0 Å². The third-order valence-corrected chi connectivity index (χ3v) is 2.74. The fourth-order valence-corrected chi connectivity index (χ4v) is 1.94. The Morgan fingerprint density at radius 3 is 2.71 bits per heavy atom. The van der Waals surface area contributed by atoms with E-state index in [-0.39, 0.29) is 11.8 Å². The molecule has 1 saturated heterocycles. The molecule has 2 heteroatoms. The molecule has 1 aromatic carbocycles. The third-order valence-electron chi connectivity index (χ3n) is 2.74. The van der Waals surface area contributed by atoms with Crippen LogP contribution in [0.3, 0.4) is 0 Å². The number of hydrogen-bond donors (Lipinski definition) is 1. The Bertz CT molecular complexity index is 307. The Morgan fingerprint density at radius 1 is 1.14 bits per heavy atom. The van der Waals surface area contributed by atoms with Gasteiger partial charge < -0.3 is 5.32 Å². The van der Waals surface area contributed by atoms with Gasteiger partial charge in [0.05, 0.1) is 5.92 Å². The normalized spacial score (nSPS) is 22.6. The Labute approximate surface area is 84.3 Å². The molecule has 1 atom stereocenters. The van der Waals surface area contributed by atoms with Gasteiger partial charge in [-0.3, -0.25) is 4.79 Å². The Kier molecular flexibility index (Phi) is 2.82. The monoisotopic (exact) mass is 189 g/mol. The molecule has 0 bridgehead atoms. The minimum Gasteiger partial charge on any atom is -0.356 e. The number of nitrogens with one attached hydrogen (secondary N) is 1. The lowest BCUT2D eigenvalue weighted by molar-refractivity contribution is -0.122. The van der Waals surface area contributed by atoms with Gasteiger partial charge in [-0.1, -0.05) is 36.8 Å². The van der Waals surface area contributed by atoms with Crippen LogP contribution in [0.1, 0.15) is 30.7 Å². The first kappa shape index (κ1) is 9.25. The second-order valence-electron chi connectivity index (χ2n) is 3.75. The van der Waals surface area contributed by atoms with E-state index in [0.717, 1.165) is 31.4 Å². The molecule has 2 nitrogen and oxygen atoms in total. The van der Waals surface area contributed by atoms with Crippen LogP contribution in [0, 0.1) is 0 Å². The topological polar surface area (TPSA) is 29.1 Å². The highest BCUT2D eigenvalue weighted by atomic mass is 16.1. The van der Waals surface area contributed by atoms with Gasteiger partial charge in [-0.05, 0) is 18.4 Å². The van der Waals surface area contributed by atoms with Crippen molar-refractivity contribution in [3.05, 3.63) is 35.9 Å². The molecule has 1 aliphatic heterocycles. The van der Waals surface area contributed by atoms with E-state index in [1.807, 2.05) is 30.3 Å². The van der Waals surface area contributed by atoms with E-state index in [0.29, 0.717) is 0 Å². The molecule has 1 fully saturated rings. The summed E-state index contributed by atoms with van der Waals surface area (Å²) in [7, 11) is 0. The molecule has 14 heavy (non-hydrogen) atoms. The molecule has 0 spiro atoms. The molecule has 74 valence electrons. The molecule has 1 amide bonds. The highest BCUT2D eigenvalue weighted by Gasteiger charge is 2.21. The fourth-order valence-electron chi connectivity index (χ4n) is 1.94. The van der Waals surface area contributed by atoms with Gasteiger partial charge in [0.2, 0.25) is 5.91 Å². The standard InChI is InChI=1S/C12H15NO/c14-12-11(8-4-5-9-13-12)10-6-2-1-3-7-10/h1-3,6-7,11H,4-5,8-9H2,(H,13,14). The highest BCUT2D eigenvalue weighted by molar-refractivity contribution is 5.83. The van der Waals surface area contributed by atoms with Gasteiger partial charge in [-0.15, -0.1) is 0 Å². The zero-order chi connectivity index (χ0) is 9.80. The molecule has 0 aromatic heterocycles. The largest absolute Gasteiger partial charge is 0.356 e. The van der Waals surface area contributed by atoms with Crippen molar-refractivity contribution in [2.24, 2.45) is 0 Å². The zero-order valence-corrected chi connectivity index (χ0v) is 8.20. The van der Waals surface area contributed by atoms with Crippen molar-refractivity contribution in [3.63, 3.8) is 0 Å². The average Bonchev–Trinajstić information content (AvgIpc) is 2.44. The summed E-state index contributed by atoms with van der Waals surface area (Å²) in [6.45, 7) is 0.835. The molecular weight excluding hydrogens is 174 g/mol. The number of carbonyl (C=O) groups excluding carboxylic acids is 1. The van der Waals surface area contributed by atoms with E-state index in [4.69, 9.17) is 0 Å². The van der Waals surface area contributed by atoms with Gasteiger partial charge >= 0.3 is 0 Å². The molecule has 2 rings (SSSR count). The van der Waals surface area contributed by atoms with Crippen molar-refractivity contribution < 1.29 is 4.79 Å². The lowest BCUT2D eigenvalue weighted by atomic mass is 9.94. The molecule has 0 saturated carbocycles. The predicted octanol–water partition coefficient (Wildman–Crippen LogP) is 2.07. The van der Waals surface area contributed by atoms with E-state index in [1.54, 1.807) is 0 Å². The van der Waals surface area contributed by atoms with Gasteiger partial charge in [0.15, 0.2) is 0 Å². The summed E-state index contributed by atoms with van der Waals surface area (Å²) in [5.74, 6) is 0.257. The van der Waals surface area contributed by atoms with Crippen LogP contribution in [0.5, 0.6) is 0 Å². The number of hydrogen-bond acceptors (Lipinski definition) is 1. The molecule has 0 aliphatic carbocycles. The van der Waals surface area contributed by atoms with Crippen molar-refractivity contribution in [3.8, 4) is 0 Å². The quantitative estimate of drug-likeness (QED) is 0.720. The number of benzene rings is 1. The summed E-state index contributed by atoms with van der Waals surface area (Å²) in [6, 6.07) is 10.0. The highest BCUT2D eigenvalue weighted by Crippen LogP contribution is 2.23. The van der Waals surface area contributed by atoms with Gasteiger partial charge in [-0.25, -0.2) is 0 Å². The van der Waals surface area contributed by atoms with Crippen LogP contribution in [0.4, 0.5) is 0 Å². The molecule has 0 radical (unpaired) electrons. The Morgan fingerprint density at radius 2 is 1.93 bits per heavy atom. The Hall–Kier alpha value is -1.31. The van der Waals surface area contributed by atoms with Crippen molar-refractivity contribution in [2.75, 3.05) is 6.54 Å². The first-order valence-electron chi connectivity index (χ1n) is 5.20. The second-order valence-corrected chi connectivity index (χ2v) is 3.75. The zero-order valence-electron chi connectivity index (χ0n) is 8.20. The van der Waals surface area contributed by atoms with Crippen molar-refractivity contribution >= 4 is 5.91 Å². The SMILES string of the molecule is O=C1NCCCCC1c1ccccc1. The van der Waals surface area contributed by atoms with Gasteiger partial charge in [0, 0.05) is 6.54 Å². The van der Waals surface area contributed by atoms with Crippen LogP contribution < -0.4 is 5.32 Å². The fraction of sp³-hybridized carbons (Fsp3) is 0.417. The number of rotatable bonds is 1. The molecule has 1 aromatic rings. The van der Waals surface area contributed by atoms with Crippen LogP contribution in [0.25, 0.3) is 0 Å². The average molecular weight is 189 g/mol. The second kappa shape index (κ2) is 4.27. The lowest BCUT2D eigenvalue weighted by Crippen LogP contribution is -2.27. The smallest absolute Gasteiger partial charge is 0.227 e. The van der Waals surface area contributed by atoms with Crippen LogP contribution in [-0.4, -0.2) is 12.5 Å². The van der Waals surface area contributed by atoms with Crippen molar-refractivity contribution in [2.45, 2.75) is 25.2 Å². The van der Waals surface area contributed by atoms with Gasteiger partial charge in [-0.2, -0.15) is 0 Å². The van der Waals surface area contributed by atoms with Crippen LogP contribution in [0.2, 0.25) is 0 Å². The third kappa shape index (κ3) is 1.95. The summed E-state index contributed by atoms with van der Waals surface area (Å²) in [5, 5.41) is 2.95. The molecule has 1 aliphatic rings. The molecule has 1 unspecified atom stereocenters. The minimum absolute atomic E-state index is 0.0682. The molecular formula is C12H15NO. The van der Waals surface area contributed by atoms with E-state index >= 15 is 0 Å². The van der Waals surface area contributed by atoms with Crippen molar-refractivity contribution in [1.29, 1.82) is 0 Å². The Balaban J connectivity index is 2.19. The predicted molar refractivity (Wildman–Crippen MR) is 56.0 cm³/mol. The summed E-state index contributed by atoms with van der Waals surface area (Å²) in [5.41, 5.74) is 1.15. The first-order valence-corrected chi connectivity index (χ1v) is 5.20. The van der Waals surface area contributed by atoms with E-state index in [9.17, 15) is 4.79 Å². The van der Waals surface area contributed by atoms with E-state index in [2.05, 4.69) is 5.32 Å². The number of carbonyl (C=O) groups is 1. The van der Waals surface area contributed by atoms with E-state index < -0.39 is 0 Å². The summed E-state index contributed by atoms with van der Waals surface area (Å²) in [6.07, 6.45) is 3.23. The van der Waals surface area contributed by atoms with Crippen LogP contribution in [0.15, 0.2) is 30.3 Å². The maximum absolute atomic E-state index is 11.7. The summed E-state index contributed by atoms with van der Waals surface area (Å²) < 4.78 is 0. The summed E-state index contributed by atoms with van der Waals surface area (Å²) in [4.78, 5) is 11.7. The minimum atomic E-state index is 0.0682. The summed E-state index contributed by atoms with van der Waals surface area (Å²) >= 11 is 0. The van der Waals surface area contributed by atoms with Gasteiger partial charge in [0.25, 0.3) is 0 Å². The first-order chi connectivity index (χ1) is 6.88.